The standard InChI is InChI=1S/C22H27N3O2/c1-24-14-16-25(17-15-24)20-12-10-19(11-13-20)23-22(27)9-5-8-21(26)18-6-3-2-4-7-18/h2-4,6-7,10-13H,5,8-9,14-17H2,1H3,(H,23,27). The molecule has 1 aliphatic heterocycles. The van der Waals surface area contributed by atoms with Crippen LogP contribution in [0.5, 0.6) is 0 Å². The second kappa shape index (κ2) is 9.33. The van der Waals surface area contributed by atoms with Crippen LogP contribution in [0.4, 0.5) is 11.4 Å². The number of ketones is 1. The molecule has 0 bridgehead atoms. The third-order valence-electron chi connectivity index (χ3n) is 4.92. The van der Waals surface area contributed by atoms with Crippen LogP contribution >= 0.6 is 0 Å². The number of anilines is 2. The van der Waals surface area contributed by atoms with Crippen LogP contribution in [0.3, 0.4) is 0 Å². The second-order valence-electron chi connectivity index (χ2n) is 7.03. The van der Waals surface area contributed by atoms with Gasteiger partial charge < -0.3 is 15.1 Å². The van der Waals surface area contributed by atoms with E-state index in [1.54, 1.807) is 0 Å². The van der Waals surface area contributed by atoms with Crippen molar-refractivity contribution in [2.24, 2.45) is 0 Å². The highest BCUT2D eigenvalue weighted by atomic mass is 16.1. The number of benzene rings is 2. The molecule has 0 atom stereocenters. The first-order valence-corrected chi connectivity index (χ1v) is 9.53. The number of hydrogen-bond acceptors (Lipinski definition) is 4. The minimum atomic E-state index is -0.0526. The van der Waals surface area contributed by atoms with Crippen LogP contribution in [0.2, 0.25) is 0 Å². The summed E-state index contributed by atoms with van der Waals surface area (Å²) in [4.78, 5) is 28.9. The Hall–Kier alpha value is -2.66. The molecule has 3 rings (SSSR count). The lowest BCUT2D eigenvalue weighted by atomic mass is 10.1. The summed E-state index contributed by atoms with van der Waals surface area (Å²) in [7, 11) is 2.14. The molecule has 0 spiro atoms. The van der Waals surface area contributed by atoms with Crippen molar-refractivity contribution in [2.45, 2.75) is 19.3 Å². The van der Waals surface area contributed by atoms with Gasteiger partial charge in [0.05, 0.1) is 0 Å². The number of amides is 1. The number of rotatable bonds is 7. The first kappa shape index (κ1) is 19.1. The van der Waals surface area contributed by atoms with Crippen molar-refractivity contribution in [1.29, 1.82) is 0 Å². The van der Waals surface area contributed by atoms with Gasteiger partial charge in [0.2, 0.25) is 5.91 Å². The normalized spacial score (nSPS) is 14.8. The van der Waals surface area contributed by atoms with Crippen molar-refractivity contribution in [2.75, 3.05) is 43.4 Å². The molecule has 0 radical (unpaired) electrons. The van der Waals surface area contributed by atoms with E-state index in [1.807, 2.05) is 42.5 Å². The van der Waals surface area contributed by atoms with E-state index in [1.165, 1.54) is 5.69 Å². The number of carbonyl (C=O) groups is 2. The molecule has 2 aromatic rings. The minimum Gasteiger partial charge on any atom is -0.369 e. The molecule has 142 valence electrons. The predicted molar refractivity (Wildman–Crippen MR) is 109 cm³/mol. The van der Waals surface area contributed by atoms with Crippen LogP contribution in [-0.2, 0) is 4.79 Å². The van der Waals surface area contributed by atoms with Crippen LogP contribution in [0, 0.1) is 0 Å². The Morgan fingerprint density at radius 1 is 0.889 bits per heavy atom. The van der Waals surface area contributed by atoms with Gasteiger partial charge in [-0.2, -0.15) is 0 Å². The fraction of sp³-hybridized carbons (Fsp3) is 0.364. The van der Waals surface area contributed by atoms with Gasteiger partial charge in [0, 0.05) is 56.0 Å². The van der Waals surface area contributed by atoms with Crippen molar-refractivity contribution < 1.29 is 9.59 Å². The maximum Gasteiger partial charge on any atom is 0.224 e. The highest BCUT2D eigenvalue weighted by Crippen LogP contribution is 2.19. The van der Waals surface area contributed by atoms with Crippen molar-refractivity contribution >= 4 is 23.1 Å². The van der Waals surface area contributed by atoms with Gasteiger partial charge in [-0.25, -0.2) is 0 Å². The molecule has 1 aliphatic rings. The fourth-order valence-corrected chi connectivity index (χ4v) is 3.22. The van der Waals surface area contributed by atoms with E-state index in [0.717, 1.165) is 31.9 Å². The zero-order chi connectivity index (χ0) is 19.1. The van der Waals surface area contributed by atoms with E-state index in [-0.39, 0.29) is 11.7 Å². The van der Waals surface area contributed by atoms with Crippen LogP contribution < -0.4 is 10.2 Å². The summed E-state index contributed by atoms with van der Waals surface area (Å²) in [6, 6.07) is 17.2. The van der Waals surface area contributed by atoms with Crippen molar-refractivity contribution in [3.05, 3.63) is 60.2 Å². The highest BCUT2D eigenvalue weighted by molar-refractivity contribution is 5.96. The number of hydrogen-bond donors (Lipinski definition) is 1. The molecule has 0 aromatic heterocycles. The van der Waals surface area contributed by atoms with Gasteiger partial charge in [-0.1, -0.05) is 30.3 Å². The molecule has 5 nitrogen and oxygen atoms in total. The molecule has 27 heavy (non-hydrogen) atoms. The molecule has 1 fully saturated rings. The summed E-state index contributed by atoms with van der Waals surface area (Å²) in [6.07, 6.45) is 1.29. The zero-order valence-corrected chi connectivity index (χ0v) is 15.9. The third-order valence-corrected chi connectivity index (χ3v) is 4.92. The quantitative estimate of drug-likeness (QED) is 0.764. The molecule has 0 saturated carbocycles. The van der Waals surface area contributed by atoms with Crippen LogP contribution in [0.1, 0.15) is 29.6 Å². The molecular formula is C22H27N3O2. The van der Waals surface area contributed by atoms with Gasteiger partial charge in [0.25, 0.3) is 0 Å². The molecule has 1 saturated heterocycles. The molecule has 5 heteroatoms. The summed E-state index contributed by atoms with van der Waals surface area (Å²) in [5, 5.41) is 2.92. The maximum atomic E-state index is 12.1. The Labute approximate surface area is 161 Å². The molecule has 1 amide bonds. The molecular weight excluding hydrogens is 338 g/mol. The summed E-state index contributed by atoms with van der Waals surface area (Å²) >= 11 is 0. The first-order chi connectivity index (χ1) is 13.1. The number of piperazine rings is 1. The number of nitrogens with zero attached hydrogens (tertiary/aromatic N) is 2. The van der Waals surface area contributed by atoms with E-state index >= 15 is 0 Å². The summed E-state index contributed by atoms with van der Waals surface area (Å²) in [5.74, 6) is 0.0307. The van der Waals surface area contributed by atoms with Gasteiger partial charge in [-0.15, -0.1) is 0 Å². The Bertz CT molecular complexity index is 751. The largest absolute Gasteiger partial charge is 0.369 e. The number of likely N-dealkylation sites (N-methyl/N-ethyl adjacent to an activating group) is 1. The Morgan fingerprint density at radius 3 is 2.22 bits per heavy atom. The Kier molecular flexibility index (Phi) is 6.60. The van der Waals surface area contributed by atoms with E-state index in [0.29, 0.717) is 24.8 Å². The number of carbonyl (C=O) groups excluding carboxylic acids is 2. The monoisotopic (exact) mass is 365 g/mol. The highest BCUT2D eigenvalue weighted by Gasteiger charge is 2.14. The fourth-order valence-electron chi connectivity index (χ4n) is 3.22. The van der Waals surface area contributed by atoms with E-state index < -0.39 is 0 Å². The lowest BCUT2D eigenvalue weighted by Crippen LogP contribution is -2.44. The molecule has 1 N–H and O–H groups in total. The van der Waals surface area contributed by atoms with Gasteiger partial charge in [0.1, 0.15) is 0 Å². The van der Waals surface area contributed by atoms with E-state index in [4.69, 9.17) is 0 Å². The maximum absolute atomic E-state index is 12.1. The van der Waals surface area contributed by atoms with Crippen LogP contribution in [-0.4, -0.2) is 49.8 Å². The summed E-state index contributed by atoms with van der Waals surface area (Å²) in [6.45, 7) is 4.19. The van der Waals surface area contributed by atoms with Crippen LogP contribution in [0.15, 0.2) is 54.6 Å². The van der Waals surface area contributed by atoms with Crippen molar-refractivity contribution in [3.8, 4) is 0 Å². The lowest BCUT2D eigenvalue weighted by molar-refractivity contribution is -0.116. The summed E-state index contributed by atoms with van der Waals surface area (Å²) < 4.78 is 0. The number of nitrogens with one attached hydrogen (secondary N) is 1. The van der Waals surface area contributed by atoms with Gasteiger partial charge in [-0.05, 0) is 37.7 Å². The average Bonchev–Trinajstić information content (AvgIpc) is 2.70. The van der Waals surface area contributed by atoms with Gasteiger partial charge >= 0.3 is 0 Å². The second-order valence-corrected chi connectivity index (χ2v) is 7.03. The van der Waals surface area contributed by atoms with Crippen molar-refractivity contribution in [1.82, 2.24) is 4.90 Å². The molecule has 2 aromatic carbocycles. The third kappa shape index (κ3) is 5.66. The Morgan fingerprint density at radius 2 is 1.56 bits per heavy atom. The molecule has 0 unspecified atom stereocenters. The topological polar surface area (TPSA) is 52.6 Å². The van der Waals surface area contributed by atoms with E-state index in [2.05, 4.69) is 34.3 Å². The minimum absolute atomic E-state index is 0.0526. The van der Waals surface area contributed by atoms with Gasteiger partial charge in [-0.3, -0.25) is 9.59 Å². The molecule has 0 aliphatic carbocycles. The SMILES string of the molecule is CN1CCN(c2ccc(NC(=O)CCCC(=O)c3ccccc3)cc2)CC1. The smallest absolute Gasteiger partial charge is 0.224 e. The van der Waals surface area contributed by atoms with E-state index in [9.17, 15) is 9.59 Å². The van der Waals surface area contributed by atoms with Gasteiger partial charge in [0.15, 0.2) is 5.78 Å². The van der Waals surface area contributed by atoms with Crippen molar-refractivity contribution in [3.63, 3.8) is 0 Å². The average molecular weight is 365 g/mol. The van der Waals surface area contributed by atoms with Crippen LogP contribution in [0.25, 0.3) is 0 Å². The Balaban J connectivity index is 1.42. The summed E-state index contributed by atoms with van der Waals surface area (Å²) in [5.41, 5.74) is 2.69. The predicted octanol–water partition coefficient (Wildman–Crippen LogP) is 3.43. The number of Topliss-reactive ketones (excluding diaryl/α,β-unsaturated/α-hetero) is 1. The molecule has 1 heterocycles. The lowest BCUT2D eigenvalue weighted by Gasteiger charge is -2.34. The zero-order valence-electron chi connectivity index (χ0n) is 15.9. The first-order valence-electron chi connectivity index (χ1n) is 9.53.